The van der Waals surface area contributed by atoms with E-state index < -0.39 is 24.6 Å². The molecule has 1 unspecified atom stereocenters. The van der Waals surface area contributed by atoms with Crippen LogP contribution in [0.1, 0.15) is 25.7 Å². The minimum Gasteiger partial charge on any atom is -0.468 e. The summed E-state index contributed by atoms with van der Waals surface area (Å²) in [5.41, 5.74) is 0. The van der Waals surface area contributed by atoms with Crippen molar-refractivity contribution >= 4 is 5.97 Å². The van der Waals surface area contributed by atoms with Gasteiger partial charge in [0, 0.05) is 6.54 Å². The molecule has 0 N–H and O–H groups in total. The van der Waals surface area contributed by atoms with Crippen LogP contribution in [0.15, 0.2) is 0 Å². The van der Waals surface area contributed by atoms with E-state index in [0.717, 1.165) is 12.8 Å². The van der Waals surface area contributed by atoms with E-state index in [1.807, 2.05) is 0 Å². The molecule has 6 heteroatoms. The smallest absolute Gasteiger partial charge is 0.390 e. The molecule has 1 rings (SSSR count). The van der Waals surface area contributed by atoms with Crippen molar-refractivity contribution in [1.29, 1.82) is 0 Å². The zero-order chi connectivity index (χ0) is 12.2. The van der Waals surface area contributed by atoms with Crippen LogP contribution in [0.3, 0.4) is 0 Å². The largest absolute Gasteiger partial charge is 0.468 e. The number of carbonyl (C=O) groups excluding carboxylic acids is 1. The average molecular weight is 239 g/mol. The maximum Gasteiger partial charge on any atom is 0.390 e. The van der Waals surface area contributed by atoms with Crippen LogP contribution in [0.2, 0.25) is 0 Å². The van der Waals surface area contributed by atoms with Crippen molar-refractivity contribution in [3.63, 3.8) is 0 Å². The second-order valence-corrected chi connectivity index (χ2v) is 3.94. The normalized spacial score (nSPS) is 23.1. The Morgan fingerprint density at radius 1 is 1.44 bits per heavy atom. The monoisotopic (exact) mass is 239 g/mol. The lowest BCUT2D eigenvalue weighted by Gasteiger charge is -2.33. The van der Waals surface area contributed by atoms with E-state index in [1.165, 1.54) is 7.11 Å². The number of methoxy groups -OCH3 is 1. The van der Waals surface area contributed by atoms with Crippen molar-refractivity contribution in [1.82, 2.24) is 4.90 Å². The maximum absolute atomic E-state index is 12.1. The van der Waals surface area contributed by atoms with Crippen LogP contribution in [-0.2, 0) is 9.53 Å². The van der Waals surface area contributed by atoms with Crippen LogP contribution in [0.5, 0.6) is 0 Å². The predicted octanol–water partition coefficient (Wildman–Crippen LogP) is 1.97. The number of ether oxygens (including phenoxy) is 1. The fourth-order valence-electron chi connectivity index (χ4n) is 1.93. The molecule has 1 aliphatic heterocycles. The van der Waals surface area contributed by atoms with Crippen molar-refractivity contribution < 1.29 is 22.7 Å². The van der Waals surface area contributed by atoms with Gasteiger partial charge in [-0.2, -0.15) is 13.2 Å². The zero-order valence-electron chi connectivity index (χ0n) is 9.22. The van der Waals surface area contributed by atoms with Gasteiger partial charge >= 0.3 is 12.1 Å². The van der Waals surface area contributed by atoms with Crippen molar-refractivity contribution in [3.05, 3.63) is 0 Å². The Morgan fingerprint density at radius 2 is 2.12 bits per heavy atom. The van der Waals surface area contributed by atoms with Gasteiger partial charge < -0.3 is 4.74 Å². The topological polar surface area (TPSA) is 29.5 Å². The molecule has 0 aromatic carbocycles. The first-order valence-electron chi connectivity index (χ1n) is 5.32. The number of hydrogen-bond acceptors (Lipinski definition) is 3. The molecule has 0 amide bonds. The van der Waals surface area contributed by atoms with Gasteiger partial charge in [0.15, 0.2) is 0 Å². The van der Waals surface area contributed by atoms with Crippen molar-refractivity contribution in [2.24, 2.45) is 0 Å². The number of halogens is 3. The van der Waals surface area contributed by atoms with Gasteiger partial charge in [-0.3, -0.25) is 9.69 Å². The standard InChI is InChI=1S/C10H16F3NO2/c1-16-9(15)8-4-2-3-6-14(8)7-5-10(11,12)13/h8H,2-7H2,1H3. The molecule has 0 saturated carbocycles. The summed E-state index contributed by atoms with van der Waals surface area (Å²) in [5.74, 6) is -0.429. The molecular formula is C10H16F3NO2. The summed E-state index contributed by atoms with van der Waals surface area (Å²) < 4.78 is 40.8. The second-order valence-electron chi connectivity index (χ2n) is 3.94. The van der Waals surface area contributed by atoms with Gasteiger partial charge in [0.1, 0.15) is 6.04 Å². The van der Waals surface area contributed by atoms with Crippen molar-refractivity contribution in [2.75, 3.05) is 20.2 Å². The molecule has 0 spiro atoms. The van der Waals surface area contributed by atoms with Gasteiger partial charge in [-0.15, -0.1) is 0 Å². The first kappa shape index (κ1) is 13.3. The van der Waals surface area contributed by atoms with E-state index in [-0.39, 0.29) is 6.54 Å². The third kappa shape index (κ3) is 4.00. The molecule has 0 radical (unpaired) electrons. The molecule has 1 fully saturated rings. The lowest BCUT2D eigenvalue weighted by molar-refractivity contribution is -0.154. The molecule has 16 heavy (non-hydrogen) atoms. The number of piperidine rings is 1. The number of hydrogen-bond donors (Lipinski definition) is 0. The maximum atomic E-state index is 12.1. The second kappa shape index (κ2) is 5.52. The molecule has 0 bridgehead atoms. The summed E-state index contributed by atoms with van der Waals surface area (Å²) >= 11 is 0. The van der Waals surface area contributed by atoms with Crippen LogP contribution in [0, 0.1) is 0 Å². The van der Waals surface area contributed by atoms with Crippen molar-refractivity contribution in [3.8, 4) is 0 Å². The van der Waals surface area contributed by atoms with Crippen LogP contribution in [0.4, 0.5) is 13.2 Å². The Kier molecular flexibility index (Phi) is 4.58. The van der Waals surface area contributed by atoms with Gasteiger partial charge in [0.25, 0.3) is 0 Å². The highest BCUT2D eigenvalue weighted by molar-refractivity contribution is 5.75. The number of rotatable bonds is 3. The van der Waals surface area contributed by atoms with E-state index in [4.69, 9.17) is 0 Å². The highest BCUT2D eigenvalue weighted by atomic mass is 19.4. The Hall–Kier alpha value is -0.780. The first-order valence-corrected chi connectivity index (χ1v) is 5.32. The number of carbonyl (C=O) groups is 1. The van der Waals surface area contributed by atoms with E-state index in [2.05, 4.69) is 4.74 Å². The summed E-state index contributed by atoms with van der Waals surface area (Å²) in [6, 6.07) is -0.499. The molecule has 1 heterocycles. The van der Waals surface area contributed by atoms with Crippen LogP contribution in [0.25, 0.3) is 0 Å². The van der Waals surface area contributed by atoms with Crippen LogP contribution < -0.4 is 0 Å². The lowest BCUT2D eigenvalue weighted by atomic mass is 10.0. The number of esters is 1. The van der Waals surface area contributed by atoms with Crippen molar-refractivity contribution in [2.45, 2.75) is 37.9 Å². The fraction of sp³-hybridized carbons (Fsp3) is 0.900. The third-order valence-corrected chi connectivity index (χ3v) is 2.77. The molecule has 94 valence electrons. The molecule has 0 aromatic rings. The minimum atomic E-state index is -4.17. The van der Waals surface area contributed by atoms with E-state index in [9.17, 15) is 18.0 Å². The van der Waals surface area contributed by atoms with Gasteiger partial charge in [-0.1, -0.05) is 6.42 Å². The summed E-state index contributed by atoms with van der Waals surface area (Å²) in [6.07, 6.45) is -2.75. The van der Waals surface area contributed by atoms with Gasteiger partial charge in [0.05, 0.1) is 13.5 Å². The summed E-state index contributed by atoms with van der Waals surface area (Å²) in [7, 11) is 1.26. The van der Waals surface area contributed by atoms with Crippen LogP contribution in [-0.4, -0.2) is 43.3 Å². The van der Waals surface area contributed by atoms with E-state index >= 15 is 0 Å². The molecule has 1 aliphatic rings. The van der Waals surface area contributed by atoms with Gasteiger partial charge in [0.2, 0.25) is 0 Å². The Labute approximate surface area is 92.5 Å². The summed E-state index contributed by atoms with van der Waals surface area (Å²) in [6.45, 7) is 0.416. The highest BCUT2D eigenvalue weighted by Gasteiger charge is 2.33. The minimum absolute atomic E-state index is 0.122. The third-order valence-electron chi connectivity index (χ3n) is 2.77. The van der Waals surface area contributed by atoms with Crippen LogP contribution >= 0.6 is 0 Å². The quantitative estimate of drug-likeness (QED) is 0.705. The predicted molar refractivity (Wildman–Crippen MR) is 51.9 cm³/mol. The SMILES string of the molecule is COC(=O)C1CCCCN1CCC(F)(F)F. The lowest BCUT2D eigenvalue weighted by Crippen LogP contribution is -2.46. The Balaban J connectivity index is 2.50. The molecule has 0 aliphatic carbocycles. The zero-order valence-corrected chi connectivity index (χ0v) is 9.22. The highest BCUT2D eigenvalue weighted by Crippen LogP contribution is 2.23. The molecular weight excluding hydrogens is 223 g/mol. The molecule has 3 nitrogen and oxygen atoms in total. The van der Waals surface area contributed by atoms with E-state index in [1.54, 1.807) is 4.90 Å². The Bertz CT molecular complexity index is 243. The summed E-state index contributed by atoms with van der Waals surface area (Å²) in [4.78, 5) is 12.9. The van der Waals surface area contributed by atoms with Gasteiger partial charge in [-0.25, -0.2) is 0 Å². The van der Waals surface area contributed by atoms with Gasteiger partial charge in [-0.05, 0) is 19.4 Å². The molecule has 0 aromatic heterocycles. The average Bonchev–Trinajstić information content (AvgIpc) is 2.25. The molecule has 1 saturated heterocycles. The first-order chi connectivity index (χ1) is 7.44. The fourth-order valence-corrected chi connectivity index (χ4v) is 1.93. The van der Waals surface area contributed by atoms with E-state index in [0.29, 0.717) is 13.0 Å². The summed E-state index contributed by atoms with van der Waals surface area (Å²) in [5, 5.41) is 0. The number of alkyl halides is 3. The Morgan fingerprint density at radius 3 is 2.69 bits per heavy atom. The number of likely N-dealkylation sites (tertiary alicyclic amines) is 1. The molecule has 1 atom stereocenters. The number of nitrogens with zero attached hydrogens (tertiary/aromatic N) is 1.